The third-order valence-corrected chi connectivity index (χ3v) is 5.70. The number of allylic oxidation sites excluding steroid dienone is 2. The van der Waals surface area contributed by atoms with E-state index in [2.05, 4.69) is 29.1 Å². The van der Waals surface area contributed by atoms with E-state index >= 15 is 0 Å². The molecule has 1 saturated heterocycles. The van der Waals surface area contributed by atoms with Gasteiger partial charge in [0.05, 0.1) is 11.7 Å². The highest BCUT2D eigenvalue weighted by Gasteiger charge is 2.30. The average molecular weight is 326 g/mol. The van der Waals surface area contributed by atoms with E-state index in [4.69, 9.17) is 4.98 Å². The largest absolute Gasteiger partial charge is 0.338 e. The van der Waals surface area contributed by atoms with Gasteiger partial charge in [-0.1, -0.05) is 12.2 Å². The van der Waals surface area contributed by atoms with Gasteiger partial charge in [-0.05, 0) is 45.7 Å². The van der Waals surface area contributed by atoms with Gasteiger partial charge in [-0.25, -0.2) is 9.97 Å². The lowest BCUT2D eigenvalue weighted by Crippen LogP contribution is -2.40. The van der Waals surface area contributed by atoms with Crippen LogP contribution in [0.5, 0.6) is 0 Å². The number of aromatic nitrogens is 2. The number of nitrogens with zero attached hydrogens (tertiary/aromatic N) is 4. The predicted octanol–water partition coefficient (Wildman–Crippen LogP) is 2.48. The molecule has 1 fully saturated rings. The van der Waals surface area contributed by atoms with Gasteiger partial charge < -0.3 is 4.90 Å². The Hall–Kier alpha value is -1.75. The second kappa shape index (κ2) is 6.63. The molecule has 5 heteroatoms. The van der Waals surface area contributed by atoms with Crippen molar-refractivity contribution in [2.24, 2.45) is 5.92 Å². The summed E-state index contributed by atoms with van der Waals surface area (Å²) in [6, 6.07) is 0.365. The molecule has 0 N–H and O–H groups in total. The lowest BCUT2D eigenvalue weighted by Gasteiger charge is -2.32. The highest BCUT2D eigenvalue weighted by Crippen LogP contribution is 2.29. The second-order valence-corrected chi connectivity index (χ2v) is 7.33. The fraction of sp³-hybridized carbons (Fsp3) is 0.632. The van der Waals surface area contributed by atoms with Crippen LogP contribution in [-0.4, -0.2) is 45.8 Å². The number of hydrogen-bond acceptors (Lipinski definition) is 4. The normalized spacial score (nSPS) is 27.3. The molecular formula is C19H26N4O. The van der Waals surface area contributed by atoms with Gasteiger partial charge in [-0.2, -0.15) is 0 Å². The molecular weight excluding hydrogens is 300 g/mol. The Bertz CT molecular complexity index is 657. The minimum Gasteiger partial charge on any atom is -0.338 e. The van der Waals surface area contributed by atoms with Crippen molar-refractivity contribution < 1.29 is 4.79 Å². The first-order valence-electron chi connectivity index (χ1n) is 9.21. The van der Waals surface area contributed by atoms with Gasteiger partial charge in [0, 0.05) is 37.2 Å². The lowest BCUT2D eigenvalue weighted by molar-refractivity contribution is -0.136. The van der Waals surface area contributed by atoms with E-state index in [9.17, 15) is 4.79 Å². The zero-order valence-electron chi connectivity index (χ0n) is 14.4. The second-order valence-electron chi connectivity index (χ2n) is 7.33. The summed E-state index contributed by atoms with van der Waals surface area (Å²) in [5, 5.41) is 0. The Balaban J connectivity index is 1.47. The molecule has 5 nitrogen and oxygen atoms in total. The Morgan fingerprint density at radius 1 is 1.25 bits per heavy atom. The van der Waals surface area contributed by atoms with Crippen LogP contribution in [0.1, 0.15) is 55.2 Å². The van der Waals surface area contributed by atoms with Crippen LogP contribution in [0.15, 0.2) is 18.3 Å². The van der Waals surface area contributed by atoms with Crippen LogP contribution in [0.25, 0.3) is 0 Å². The number of likely N-dealkylation sites (tertiary alicyclic amines) is 1. The van der Waals surface area contributed by atoms with Crippen LogP contribution in [0.4, 0.5) is 0 Å². The molecule has 128 valence electrons. The van der Waals surface area contributed by atoms with Gasteiger partial charge in [0.15, 0.2) is 0 Å². The highest BCUT2D eigenvalue weighted by atomic mass is 16.2. The van der Waals surface area contributed by atoms with E-state index in [1.54, 1.807) is 0 Å². The molecule has 4 rings (SSSR count). The molecule has 1 aromatic rings. The quantitative estimate of drug-likeness (QED) is 0.784. The highest BCUT2D eigenvalue weighted by molar-refractivity contribution is 5.79. The lowest BCUT2D eigenvalue weighted by atomic mass is 9.92. The summed E-state index contributed by atoms with van der Waals surface area (Å²) in [7, 11) is 2.15. The monoisotopic (exact) mass is 326 g/mol. The number of carbonyl (C=O) groups excluding carboxylic acids is 1. The maximum Gasteiger partial charge on any atom is 0.226 e. The molecule has 0 radical (unpaired) electrons. The van der Waals surface area contributed by atoms with Crippen LogP contribution in [0.2, 0.25) is 0 Å². The number of rotatable bonds is 2. The van der Waals surface area contributed by atoms with Crippen molar-refractivity contribution in [1.82, 2.24) is 19.8 Å². The molecule has 1 aliphatic carbocycles. The summed E-state index contributed by atoms with van der Waals surface area (Å²) in [6.45, 7) is 2.60. The Morgan fingerprint density at radius 3 is 2.92 bits per heavy atom. The van der Waals surface area contributed by atoms with Gasteiger partial charge in [-0.15, -0.1) is 0 Å². The van der Waals surface area contributed by atoms with E-state index in [1.807, 2.05) is 11.1 Å². The van der Waals surface area contributed by atoms with Gasteiger partial charge >= 0.3 is 0 Å². The van der Waals surface area contributed by atoms with Crippen LogP contribution in [0.3, 0.4) is 0 Å². The van der Waals surface area contributed by atoms with Crippen molar-refractivity contribution in [3.63, 3.8) is 0 Å². The van der Waals surface area contributed by atoms with Crippen LogP contribution in [-0.2, 0) is 17.8 Å². The van der Waals surface area contributed by atoms with Crippen molar-refractivity contribution in [1.29, 1.82) is 0 Å². The summed E-state index contributed by atoms with van der Waals surface area (Å²) < 4.78 is 0. The molecule has 0 bridgehead atoms. The zero-order valence-corrected chi connectivity index (χ0v) is 14.4. The predicted molar refractivity (Wildman–Crippen MR) is 92.2 cm³/mol. The standard InChI is InChI=1S/C19H26N4O/c1-22-10-5-8-17(22)18-20-12-15-13-23(11-9-16(15)21-18)19(24)14-6-3-2-4-7-14/h2-3,12,14,17H,4-11,13H2,1H3/t14-,17+/m1/s1. The Morgan fingerprint density at radius 2 is 2.17 bits per heavy atom. The van der Waals surface area contributed by atoms with Crippen molar-refractivity contribution in [2.45, 2.75) is 51.1 Å². The molecule has 0 saturated carbocycles. The van der Waals surface area contributed by atoms with Gasteiger partial charge in [0.25, 0.3) is 0 Å². The molecule has 24 heavy (non-hydrogen) atoms. The van der Waals surface area contributed by atoms with E-state index in [-0.39, 0.29) is 5.92 Å². The van der Waals surface area contributed by atoms with E-state index in [0.717, 1.165) is 62.3 Å². The minimum atomic E-state index is 0.170. The first kappa shape index (κ1) is 15.8. The molecule has 2 atom stereocenters. The summed E-state index contributed by atoms with van der Waals surface area (Å²) in [5.41, 5.74) is 2.28. The number of amides is 1. The smallest absolute Gasteiger partial charge is 0.226 e. The SMILES string of the molecule is CN1CCC[C@H]1c1ncc2c(n1)CCN(C(=O)[C@@H]1CC=CCC1)C2. The summed E-state index contributed by atoms with van der Waals surface area (Å²) in [6.07, 6.45) is 12.4. The number of fused-ring (bicyclic) bond motifs is 1. The molecule has 0 unspecified atom stereocenters. The summed E-state index contributed by atoms with van der Waals surface area (Å²) in [5.74, 6) is 1.44. The molecule has 0 aromatic carbocycles. The molecule has 2 aliphatic heterocycles. The minimum absolute atomic E-state index is 0.170. The number of carbonyl (C=O) groups is 1. The topological polar surface area (TPSA) is 49.3 Å². The van der Waals surface area contributed by atoms with Crippen molar-refractivity contribution in [2.75, 3.05) is 20.1 Å². The third-order valence-electron chi connectivity index (χ3n) is 5.70. The maximum absolute atomic E-state index is 12.7. The summed E-state index contributed by atoms with van der Waals surface area (Å²) in [4.78, 5) is 26.6. The first-order valence-corrected chi connectivity index (χ1v) is 9.21. The van der Waals surface area contributed by atoms with Crippen molar-refractivity contribution in [3.05, 3.63) is 35.4 Å². The molecule has 1 amide bonds. The van der Waals surface area contributed by atoms with Gasteiger partial charge in [-0.3, -0.25) is 9.69 Å². The van der Waals surface area contributed by atoms with Crippen LogP contribution < -0.4 is 0 Å². The molecule has 0 spiro atoms. The van der Waals surface area contributed by atoms with E-state index in [0.29, 0.717) is 18.5 Å². The summed E-state index contributed by atoms with van der Waals surface area (Å²) >= 11 is 0. The Kier molecular flexibility index (Phi) is 4.35. The fourth-order valence-electron chi connectivity index (χ4n) is 4.19. The van der Waals surface area contributed by atoms with Crippen molar-refractivity contribution >= 4 is 5.91 Å². The molecule has 3 heterocycles. The number of hydrogen-bond donors (Lipinski definition) is 0. The van der Waals surface area contributed by atoms with Crippen LogP contribution in [0, 0.1) is 5.92 Å². The first-order chi connectivity index (χ1) is 11.7. The van der Waals surface area contributed by atoms with E-state index < -0.39 is 0 Å². The Labute approximate surface area is 143 Å². The van der Waals surface area contributed by atoms with Crippen LogP contribution >= 0.6 is 0 Å². The molecule has 3 aliphatic rings. The van der Waals surface area contributed by atoms with Gasteiger partial charge in [0.2, 0.25) is 5.91 Å². The zero-order chi connectivity index (χ0) is 16.5. The third kappa shape index (κ3) is 2.97. The molecule has 1 aromatic heterocycles. The average Bonchev–Trinajstić information content (AvgIpc) is 3.07. The van der Waals surface area contributed by atoms with Gasteiger partial charge in [0.1, 0.15) is 5.82 Å². The fourth-order valence-corrected chi connectivity index (χ4v) is 4.19. The van der Waals surface area contributed by atoms with Crippen molar-refractivity contribution in [3.8, 4) is 0 Å². The maximum atomic E-state index is 12.7. The van der Waals surface area contributed by atoms with E-state index in [1.165, 1.54) is 6.42 Å².